The van der Waals surface area contributed by atoms with E-state index in [1.807, 2.05) is 19.1 Å². The third-order valence-electron chi connectivity index (χ3n) is 2.98. The molecule has 100 valence electrons. The SMILES string of the molecule is CNC(c1cc(C)cc(F)c1)c1cccc(F)c1Br. The van der Waals surface area contributed by atoms with Crippen molar-refractivity contribution in [1.82, 2.24) is 5.32 Å². The number of hydrogen-bond acceptors (Lipinski definition) is 1. The Morgan fingerprint density at radius 1 is 1.16 bits per heavy atom. The molecule has 0 amide bonds. The second kappa shape index (κ2) is 5.80. The summed E-state index contributed by atoms with van der Waals surface area (Å²) < 4.78 is 27.5. The van der Waals surface area contributed by atoms with Gasteiger partial charge in [-0.3, -0.25) is 0 Å². The fraction of sp³-hybridized carbons (Fsp3) is 0.200. The maximum atomic E-state index is 13.6. The van der Waals surface area contributed by atoms with Crippen LogP contribution in [0.25, 0.3) is 0 Å². The van der Waals surface area contributed by atoms with Crippen LogP contribution < -0.4 is 5.32 Å². The predicted octanol–water partition coefficient (Wildman–Crippen LogP) is 4.34. The van der Waals surface area contributed by atoms with Crippen LogP contribution in [0.3, 0.4) is 0 Å². The zero-order chi connectivity index (χ0) is 14.0. The lowest BCUT2D eigenvalue weighted by Gasteiger charge is -2.19. The van der Waals surface area contributed by atoms with Gasteiger partial charge in [0.05, 0.1) is 10.5 Å². The van der Waals surface area contributed by atoms with Crippen LogP contribution in [0.1, 0.15) is 22.7 Å². The molecule has 0 saturated heterocycles. The predicted molar refractivity (Wildman–Crippen MR) is 76.1 cm³/mol. The standard InChI is InChI=1S/C15H14BrF2N/c1-9-6-10(8-11(17)7-9)15(19-2)12-4-3-5-13(18)14(12)16/h3-8,15,19H,1-2H3. The van der Waals surface area contributed by atoms with Gasteiger partial charge in [-0.2, -0.15) is 0 Å². The maximum Gasteiger partial charge on any atom is 0.137 e. The third-order valence-corrected chi connectivity index (χ3v) is 3.82. The van der Waals surface area contributed by atoms with E-state index in [1.165, 1.54) is 18.2 Å². The highest BCUT2D eigenvalue weighted by Crippen LogP contribution is 2.30. The zero-order valence-electron chi connectivity index (χ0n) is 10.7. The molecule has 1 atom stereocenters. The molecule has 0 spiro atoms. The lowest BCUT2D eigenvalue weighted by molar-refractivity contribution is 0.602. The first-order valence-electron chi connectivity index (χ1n) is 5.91. The van der Waals surface area contributed by atoms with Gasteiger partial charge in [0.1, 0.15) is 11.6 Å². The van der Waals surface area contributed by atoms with Crippen molar-refractivity contribution >= 4 is 15.9 Å². The first-order valence-corrected chi connectivity index (χ1v) is 6.70. The minimum Gasteiger partial charge on any atom is -0.309 e. The average molecular weight is 326 g/mol. The van der Waals surface area contributed by atoms with E-state index in [-0.39, 0.29) is 17.7 Å². The summed E-state index contributed by atoms with van der Waals surface area (Å²) in [6.45, 7) is 1.83. The summed E-state index contributed by atoms with van der Waals surface area (Å²) in [6, 6.07) is 9.40. The zero-order valence-corrected chi connectivity index (χ0v) is 12.3. The van der Waals surface area contributed by atoms with Gasteiger partial charge in [0, 0.05) is 0 Å². The fourth-order valence-corrected chi connectivity index (χ4v) is 2.67. The summed E-state index contributed by atoms with van der Waals surface area (Å²) in [5, 5.41) is 3.09. The van der Waals surface area contributed by atoms with Crippen LogP contribution in [0.15, 0.2) is 40.9 Å². The topological polar surface area (TPSA) is 12.0 Å². The quantitative estimate of drug-likeness (QED) is 0.884. The molecule has 0 aliphatic carbocycles. The highest BCUT2D eigenvalue weighted by Gasteiger charge is 2.17. The van der Waals surface area contributed by atoms with Crippen LogP contribution in [0.2, 0.25) is 0 Å². The smallest absolute Gasteiger partial charge is 0.137 e. The molecule has 1 nitrogen and oxygen atoms in total. The van der Waals surface area contributed by atoms with E-state index in [0.717, 1.165) is 16.7 Å². The summed E-state index contributed by atoms with van der Waals surface area (Å²) in [5.41, 5.74) is 2.35. The lowest BCUT2D eigenvalue weighted by atomic mass is 9.97. The van der Waals surface area contributed by atoms with Crippen LogP contribution in [0.5, 0.6) is 0 Å². The van der Waals surface area contributed by atoms with E-state index in [4.69, 9.17) is 0 Å². The Labute approximate surface area is 119 Å². The van der Waals surface area contributed by atoms with Gasteiger partial charge in [0.2, 0.25) is 0 Å². The average Bonchev–Trinajstić information content (AvgIpc) is 2.34. The molecule has 1 N–H and O–H groups in total. The van der Waals surface area contributed by atoms with Gasteiger partial charge in [-0.15, -0.1) is 0 Å². The molecule has 19 heavy (non-hydrogen) atoms. The van der Waals surface area contributed by atoms with E-state index in [2.05, 4.69) is 21.2 Å². The molecular weight excluding hydrogens is 312 g/mol. The first kappa shape index (κ1) is 14.2. The second-order valence-electron chi connectivity index (χ2n) is 4.43. The first-order chi connectivity index (χ1) is 9.02. The van der Waals surface area contributed by atoms with Gasteiger partial charge in [0.15, 0.2) is 0 Å². The maximum absolute atomic E-state index is 13.6. The van der Waals surface area contributed by atoms with E-state index in [9.17, 15) is 8.78 Å². The molecule has 0 radical (unpaired) electrons. The number of rotatable bonds is 3. The molecule has 0 fully saturated rings. The van der Waals surface area contributed by atoms with Crippen molar-refractivity contribution in [3.05, 3.63) is 69.2 Å². The largest absolute Gasteiger partial charge is 0.309 e. The van der Waals surface area contributed by atoms with E-state index >= 15 is 0 Å². The Morgan fingerprint density at radius 2 is 1.89 bits per heavy atom. The fourth-order valence-electron chi connectivity index (χ4n) is 2.18. The van der Waals surface area contributed by atoms with Gasteiger partial charge in [-0.1, -0.05) is 18.2 Å². The lowest BCUT2D eigenvalue weighted by Crippen LogP contribution is -2.18. The summed E-state index contributed by atoms with van der Waals surface area (Å²) >= 11 is 3.25. The summed E-state index contributed by atoms with van der Waals surface area (Å²) in [7, 11) is 1.77. The molecule has 0 aliphatic rings. The number of benzene rings is 2. The number of hydrogen-bond donors (Lipinski definition) is 1. The van der Waals surface area contributed by atoms with Gasteiger partial charge < -0.3 is 5.32 Å². The molecule has 0 aliphatic heterocycles. The molecule has 1 unspecified atom stereocenters. The Hall–Kier alpha value is -1.26. The number of nitrogens with one attached hydrogen (secondary N) is 1. The molecule has 4 heteroatoms. The minimum atomic E-state index is -0.328. The van der Waals surface area contributed by atoms with Crippen LogP contribution in [0, 0.1) is 18.6 Å². The van der Waals surface area contributed by atoms with Crippen molar-refractivity contribution in [2.45, 2.75) is 13.0 Å². The van der Waals surface area contributed by atoms with Crippen LogP contribution in [-0.4, -0.2) is 7.05 Å². The van der Waals surface area contributed by atoms with Gasteiger partial charge in [0.25, 0.3) is 0 Å². The van der Waals surface area contributed by atoms with E-state index < -0.39 is 0 Å². The summed E-state index contributed by atoms with van der Waals surface area (Å²) in [5.74, 6) is -0.617. The molecule has 2 aromatic carbocycles. The van der Waals surface area contributed by atoms with Crippen molar-refractivity contribution < 1.29 is 8.78 Å². The van der Waals surface area contributed by atoms with Crippen LogP contribution in [0.4, 0.5) is 8.78 Å². The monoisotopic (exact) mass is 325 g/mol. The van der Waals surface area contributed by atoms with Crippen LogP contribution >= 0.6 is 15.9 Å². The normalized spacial score (nSPS) is 12.5. The Morgan fingerprint density at radius 3 is 2.53 bits per heavy atom. The van der Waals surface area contributed by atoms with Gasteiger partial charge in [-0.25, -0.2) is 8.78 Å². The van der Waals surface area contributed by atoms with Crippen LogP contribution in [-0.2, 0) is 0 Å². The van der Waals surface area contributed by atoms with E-state index in [0.29, 0.717) is 4.47 Å². The molecule has 0 heterocycles. The van der Waals surface area contributed by atoms with Crippen molar-refractivity contribution in [3.63, 3.8) is 0 Å². The Kier molecular flexibility index (Phi) is 4.32. The third kappa shape index (κ3) is 3.01. The number of aryl methyl sites for hydroxylation is 1. The number of halogens is 3. The van der Waals surface area contributed by atoms with Gasteiger partial charge >= 0.3 is 0 Å². The highest BCUT2D eigenvalue weighted by molar-refractivity contribution is 9.10. The summed E-state index contributed by atoms with van der Waals surface area (Å²) in [4.78, 5) is 0. The van der Waals surface area contributed by atoms with Crippen molar-refractivity contribution in [2.75, 3.05) is 7.05 Å². The molecular formula is C15H14BrF2N. The molecule has 0 aromatic heterocycles. The minimum absolute atomic E-state index is 0.264. The van der Waals surface area contributed by atoms with Crippen molar-refractivity contribution in [1.29, 1.82) is 0 Å². The highest BCUT2D eigenvalue weighted by atomic mass is 79.9. The van der Waals surface area contributed by atoms with Crippen molar-refractivity contribution in [2.24, 2.45) is 0 Å². The molecule has 0 bridgehead atoms. The molecule has 0 saturated carbocycles. The second-order valence-corrected chi connectivity index (χ2v) is 5.22. The summed E-state index contributed by atoms with van der Waals surface area (Å²) in [6.07, 6.45) is 0. The Balaban J connectivity index is 2.53. The van der Waals surface area contributed by atoms with Crippen molar-refractivity contribution in [3.8, 4) is 0 Å². The van der Waals surface area contributed by atoms with Gasteiger partial charge in [-0.05, 0) is 64.8 Å². The molecule has 2 aromatic rings. The molecule has 2 rings (SSSR count). The van der Waals surface area contributed by atoms with E-state index in [1.54, 1.807) is 13.1 Å². The Bertz CT molecular complexity index is 578.